The summed E-state index contributed by atoms with van der Waals surface area (Å²) in [5, 5.41) is 2.94. The Labute approximate surface area is 161 Å². The van der Waals surface area contributed by atoms with E-state index in [4.69, 9.17) is 9.15 Å². The fourth-order valence-electron chi connectivity index (χ4n) is 3.66. The monoisotopic (exact) mass is 383 g/mol. The minimum absolute atomic E-state index is 0.0187. The van der Waals surface area contributed by atoms with Crippen molar-refractivity contribution in [3.8, 4) is 5.75 Å². The van der Waals surface area contributed by atoms with Gasteiger partial charge < -0.3 is 14.1 Å². The number of hydrogen-bond acceptors (Lipinski definition) is 5. The number of fused-ring (bicyclic) bond motifs is 1. The van der Waals surface area contributed by atoms with Crippen LogP contribution in [0.1, 0.15) is 36.2 Å². The number of aryl methyl sites for hydroxylation is 1. The molecule has 27 heavy (non-hydrogen) atoms. The fourth-order valence-corrected chi connectivity index (χ4v) is 4.54. The molecule has 1 amide bonds. The summed E-state index contributed by atoms with van der Waals surface area (Å²) in [7, 11) is 0. The van der Waals surface area contributed by atoms with Crippen LogP contribution in [0.4, 0.5) is 0 Å². The second-order valence-corrected chi connectivity index (χ2v) is 7.63. The summed E-state index contributed by atoms with van der Waals surface area (Å²) in [6, 6.07) is 11.1. The molecule has 0 N–H and O–H groups in total. The number of carbonyl (C=O) groups excluding carboxylic acids is 1. The first-order valence-corrected chi connectivity index (χ1v) is 10.1. The van der Waals surface area contributed by atoms with Gasteiger partial charge in [-0.05, 0) is 48.4 Å². The number of ether oxygens (including phenoxy) is 1. The summed E-state index contributed by atoms with van der Waals surface area (Å²) in [6.07, 6.45) is 2.75. The second kappa shape index (κ2) is 7.56. The van der Waals surface area contributed by atoms with Crippen molar-refractivity contribution in [2.45, 2.75) is 32.2 Å². The molecular weight excluding hydrogens is 362 g/mol. The van der Waals surface area contributed by atoms with E-state index in [9.17, 15) is 9.59 Å². The van der Waals surface area contributed by atoms with Gasteiger partial charge in [0.05, 0.1) is 6.04 Å². The van der Waals surface area contributed by atoms with E-state index >= 15 is 0 Å². The first-order valence-electron chi connectivity index (χ1n) is 9.18. The largest absolute Gasteiger partial charge is 0.484 e. The Balaban J connectivity index is 1.48. The maximum Gasteiger partial charge on any atom is 0.336 e. The van der Waals surface area contributed by atoms with Gasteiger partial charge in [0, 0.05) is 28.9 Å². The average molecular weight is 383 g/mol. The fraction of sp³-hybridized carbons (Fsp3) is 0.333. The Hall–Kier alpha value is -2.60. The molecule has 5 nitrogen and oxygen atoms in total. The molecular formula is C21H21NO4S. The van der Waals surface area contributed by atoms with Gasteiger partial charge in [0.15, 0.2) is 6.61 Å². The first-order chi connectivity index (χ1) is 13.2. The lowest BCUT2D eigenvalue weighted by Crippen LogP contribution is -2.34. The van der Waals surface area contributed by atoms with Crippen LogP contribution in [0.2, 0.25) is 0 Å². The van der Waals surface area contributed by atoms with E-state index in [0.29, 0.717) is 11.3 Å². The molecule has 0 saturated carbocycles. The van der Waals surface area contributed by atoms with Gasteiger partial charge in [-0.1, -0.05) is 13.0 Å². The highest BCUT2D eigenvalue weighted by Gasteiger charge is 2.30. The smallest absolute Gasteiger partial charge is 0.336 e. The Kier molecular flexibility index (Phi) is 4.99. The zero-order valence-corrected chi connectivity index (χ0v) is 16.0. The molecule has 0 spiro atoms. The highest BCUT2D eigenvalue weighted by molar-refractivity contribution is 7.10. The van der Waals surface area contributed by atoms with Crippen molar-refractivity contribution in [1.29, 1.82) is 0 Å². The maximum absolute atomic E-state index is 12.7. The molecule has 3 aromatic rings. The van der Waals surface area contributed by atoms with E-state index < -0.39 is 0 Å². The quantitative estimate of drug-likeness (QED) is 0.621. The van der Waals surface area contributed by atoms with Gasteiger partial charge in [0.25, 0.3) is 5.91 Å². The highest BCUT2D eigenvalue weighted by Crippen LogP contribution is 2.34. The van der Waals surface area contributed by atoms with Crippen LogP contribution in [0.3, 0.4) is 0 Å². The molecule has 3 heterocycles. The molecule has 2 aromatic heterocycles. The third kappa shape index (κ3) is 3.62. The molecule has 1 saturated heterocycles. The minimum atomic E-state index is -0.372. The van der Waals surface area contributed by atoms with Gasteiger partial charge in [0.2, 0.25) is 0 Å². The molecule has 0 radical (unpaired) electrons. The zero-order chi connectivity index (χ0) is 18.8. The Morgan fingerprint density at radius 3 is 3.00 bits per heavy atom. The molecule has 140 valence electrons. The number of thiophene rings is 1. The summed E-state index contributed by atoms with van der Waals surface area (Å²) >= 11 is 1.69. The molecule has 6 heteroatoms. The van der Waals surface area contributed by atoms with Gasteiger partial charge in [-0.3, -0.25) is 4.79 Å². The summed E-state index contributed by atoms with van der Waals surface area (Å²) in [4.78, 5) is 27.5. The molecule has 0 bridgehead atoms. The van der Waals surface area contributed by atoms with E-state index in [0.717, 1.165) is 36.8 Å². The van der Waals surface area contributed by atoms with Crippen molar-refractivity contribution in [2.75, 3.05) is 13.2 Å². The molecule has 4 rings (SSSR count). The SMILES string of the molecule is CCc1cc(=O)oc2cc(OCC(=O)N3CCCC3c3cccs3)ccc12. The molecule has 1 aliphatic rings. The Morgan fingerprint density at radius 1 is 1.33 bits per heavy atom. The van der Waals surface area contributed by atoms with Crippen LogP contribution in [0.15, 0.2) is 51.0 Å². The predicted molar refractivity (Wildman–Crippen MR) is 105 cm³/mol. The number of benzene rings is 1. The van der Waals surface area contributed by atoms with Gasteiger partial charge >= 0.3 is 5.63 Å². The average Bonchev–Trinajstić information content (AvgIpc) is 3.36. The molecule has 0 aliphatic carbocycles. The van der Waals surface area contributed by atoms with Crippen molar-refractivity contribution >= 4 is 28.2 Å². The minimum Gasteiger partial charge on any atom is -0.484 e. The van der Waals surface area contributed by atoms with Crippen molar-refractivity contribution in [3.63, 3.8) is 0 Å². The Bertz CT molecular complexity index is 1010. The summed E-state index contributed by atoms with van der Waals surface area (Å²) < 4.78 is 11.0. The van der Waals surface area contributed by atoms with Gasteiger partial charge in [-0.25, -0.2) is 4.79 Å². The van der Waals surface area contributed by atoms with Gasteiger partial charge in [-0.2, -0.15) is 0 Å². The third-order valence-electron chi connectivity index (χ3n) is 4.99. The number of hydrogen-bond donors (Lipinski definition) is 0. The maximum atomic E-state index is 12.7. The van der Waals surface area contributed by atoms with Crippen molar-refractivity contribution in [3.05, 3.63) is 62.6 Å². The molecule has 1 atom stereocenters. The predicted octanol–water partition coefficient (Wildman–Crippen LogP) is 4.16. The van der Waals surface area contributed by atoms with Crippen LogP contribution < -0.4 is 10.4 Å². The van der Waals surface area contributed by atoms with Crippen LogP contribution in [0.5, 0.6) is 5.75 Å². The third-order valence-corrected chi connectivity index (χ3v) is 5.96. The summed E-state index contributed by atoms with van der Waals surface area (Å²) in [6.45, 7) is 2.74. The van der Waals surface area contributed by atoms with Crippen LogP contribution in [-0.4, -0.2) is 24.0 Å². The van der Waals surface area contributed by atoms with Crippen LogP contribution >= 0.6 is 11.3 Å². The second-order valence-electron chi connectivity index (χ2n) is 6.65. The molecule has 1 aromatic carbocycles. The number of nitrogens with zero attached hydrogens (tertiary/aromatic N) is 1. The van der Waals surface area contributed by atoms with Crippen LogP contribution in [0.25, 0.3) is 11.0 Å². The molecule has 1 aliphatic heterocycles. The molecule has 1 unspecified atom stereocenters. The standard InChI is InChI=1S/C21H21NO4S/c1-2-14-11-21(24)26-18-12-15(7-8-16(14)18)25-13-20(23)22-9-3-5-17(22)19-6-4-10-27-19/h4,6-8,10-12,17H,2-3,5,9,13H2,1H3. The number of amides is 1. The van der Waals surface area contributed by atoms with Crippen molar-refractivity contribution in [1.82, 2.24) is 4.90 Å². The first kappa shape index (κ1) is 17.8. The van der Waals surface area contributed by atoms with E-state index in [1.807, 2.05) is 35.4 Å². The van der Waals surface area contributed by atoms with E-state index in [2.05, 4.69) is 6.07 Å². The Morgan fingerprint density at radius 2 is 2.22 bits per heavy atom. The molecule has 1 fully saturated rings. The summed E-state index contributed by atoms with van der Waals surface area (Å²) in [5.41, 5.74) is 1.06. The van der Waals surface area contributed by atoms with Crippen molar-refractivity contribution in [2.24, 2.45) is 0 Å². The van der Waals surface area contributed by atoms with E-state index in [1.54, 1.807) is 17.4 Å². The number of carbonyl (C=O) groups is 1. The normalized spacial score (nSPS) is 16.8. The highest BCUT2D eigenvalue weighted by atomic mass is 32.1. The van der Waals surface area contributed by atoms with Crippen LogP contribution in [-0.2, 0) is 11.2 Å². The van der Waals surface area contributed by atoms with Gasteiger partial charge in [0.1, 0.15) is 11.3 Å². The lowest BCUT2D eigenvalue weighted by molar-refractivity contribution is -0.134. The number of likely N-dealkylation sites (tertiary alicyclic amines) is 1. The van der Waals surface area contributed by atoms with Gasteiger partial charge in [-0.15, -0.1) is 11.3 Å². The van der Waals surface area contributed by atoms with Crippen molar-refractivity contribution < 1.29 is 13.9 Å². The zero-order valence-electron chi connectivity index (χ0n) is 15.1. The lowest BCUT2D eigenvalue weighted by atomic mass is 10.1. The van der Waals surface area contributed by atoms with Crippen LogP contribution in [0, 0.1) is 0 Å². The lowest BCUT2D eigenvalue weighted by Gasteiger charge is -2.24. The number of rotatable bonds is 5. The van der Waals surface area contributed by atoms with E-state index in [-0.39, 0.29) is 24.2 Å². The van der Waals surface area contributed by atoms with E-state index in [1.165, 1.54) is 10.9 Å². The summed E-state index contributed by atoms with van der Waals surface area (Å²) in [5.74, 6) is 0.508. The topological polar surface area (TPSA) is 59.8 Å².